The van der Waals surface area contributed by atoms with E-state index in [2.05, 4.69) is 14.9 Å². The summed E-state index contributed by atoms with van der Waals surface area (Å²) in [5.74, 6) is 0.921. The summed E-state index contributed by atoms with van der Waals surface area (Å²) in [4.78, 5) is 27.2. The number of carbonyl (C=O) groups excluding carboxylic acids is 1. The van der Waals surface area contributed by atoms with E-state index in [9.17, 15) is 4.79 Å². The van der Waals surface area contributed by atoms with E-state index >= 15 is 0 Å². The van der Waals surface area contributed by atoms with E-state index in [-0.39, 0.29) is 5.91 Å². The van der Waals surface area contributed by atoms with E-state index < -0.39 is 0 Å². The third-order valence-corrected chi connectivity index (χ3v) is 4.27. The molecule has 0 spiro atoms. The quantitative estimate of drug-likeness (QED) is 0.853. The zero-order valence-corrected chi connectivity index (χ0v) is 14.2. The largest absolute Gasteiger partial charge is 0.363 e. The van der Waals surface area contributed by atoms with Crippen LogP contribution in [0.2, 0.25) is 0 Å². The maximum atomic E-state index is 12.6. The average molecular weight is 325 g/mol. The number of piperazine rings is 1. The van der Waals surface area contributed by atoms with Gasteiger partial charge in [-0.05, 0) is 29.8 Å². The number of carbonyl (C=O) groups is 1. The molecule has 3 heterocycles. The molecule has 3 rings (SSSR count). The Morgan fingerprint density at radius 3 is 2.38 bits per heavy atom. The zero-order chi connectivity index (χ0) is 16.9. The number of amides is 1. The predicted molar refractivity (Wildman–Crippen MR) is 94.0 cm³/mol. The number of aromatic nitrogens is 2. The first-order valence-corrected chi connectivity index (χ1v) is 8.17. The number of nitrogens with zero attached hydrogens (tertiary/aromatic N) is 5. The fourth-order valence-electron chi connectivity index (χ4n) is 2.82. The molecule has 126 valence electrons. The van der Waals surface area contributed by atoms with Crippen LogP contribution in [0.25, 0.3) is 0 Å². The molecule has 0 bridgehead atoms. The Balaban J connectivity index is 1.55. The van der Waals surface area contributed by atoms with Crippen molar-refractivity contribution in [1.82, 2.24) is 19.8 Å². The molecule has 0 unspecified atom stereocenters. The summed E-state index contributed by atoms with van der Waals surface area (Å²) >= 11 is 0. The Bertz CT molecular complexity index is 664. The Morgan fingerprint density at radius 1 is 1.08 bits per heavy atom. The van der Waals surface area contributed by atoms with Crippen molar-refractivity contribution < 1.29 is 4.79 Å². The number of hydrogen-bond acceptors (Lipinski definition) is 5. The lowest BCUT2D eigenvalue weighted by molar-refractivity contribution is 0.0628. The SMILES string of the molecule is CN(C)c1ccc(C(=O)N2CCN(Cc3ccncc3)CC2)cn1. The van der Waals surface area contributed by atoms with Gasteiger partial charge in [-0.15, -0.1) is 0 Å². The number of pyridine rings is 2. The van der Waals surface area contributed by atoms with E-state index in [1.165, 1.54) is 5.56 Å². The van der Waals surface area contributed by atoms with Gasteiger partial charge in [0.15, 0.2) is 0 Å². The smallest absolute Gasteiger partial charge is 0.255 e. The summed E-state index contributed by atoms with van der Waals surface area (Å²) in [5, 5.41) is 0. The van der Waals surface area contributed by atoms with Crippen LogP contribution in [0.15, 0.2) is 42.9 Å². The Morgan fingerprint density at radius 2 is 1.79 bits per heavy atom. The fourth-order valence-corrected chi connectivity index (χ4v) is 2.82. The van der Waals surface area contributed by atoms with Crippen molar-refractivity contribution in [2.75, 3.05) is 45.2 Å². The van der Waals surface area contributed by atoms with Gasteiger partial charge in [-0.1, -0.05) is 0 Å². The lowest BCUT2D eigenvalue weighted by Gasteiger charge is -2.34. The first-order chi connectivity index (χ1) is 11.6. The molecular weight excluding hydrogens is 302 g/mol. The van der Waals surface area contributed by atoms with Crippen LogP contribution < -0.4 is 4.90 Å². The topological polar surface area (TPSA) is 52.6 Å². The van der Waals surface area contributed by atoms with Crippen molar-refractivity contribution in [3.8, 4) is 0 Å². The summed E-state index contributed by atoms with van der Waals surface area (Å²) < 4.78 is 0. The zero-order valence-electron chi connectivity index (χ0n) is 14.2. The third-order valence-electron chi connectivity index (χ3n) is 4.27. The van der Waals surface area contributed by atoms with Crippen LogP contribution in [0.1, 0.15) is 15.9 Å². The van der Waals surface area contributed by atoms with Gasteiger partial charge >= 0.3 is 0 Å². The number of anilines is 1. The Hall–Kier alpha value is -2.47. The van der Waals surface area contributed by atoms with E-state index in [0.29, 0.717) is 5.56 Å². The van der Waals surface area contributed by atoms with E-state index in [4.69, 9.17) is 0 Å². The first kappa shape index (κ1) is 16.4. The van der Waals surface area contributed by atoms with Gasteiger partial charge < -0.3 is 9.80 Å². The molecular formula is C18H23N5O. The minimum absolute atomic E-state index is 0.0661. The van der Waals surface area contributed by atoms with E-state index in [0.717, 1.165) is 38.5 Å². The molecule has 1 saturated heterocycles. The van der Waals surface area contributed by atoms with Crippen LogP contribution in [0.4, 0.5) is 5.82 Å². The number of rotatable bonds is 4. The van der Waals surface area contributed by atoms with E-state index in [1.807, 2.05) is 60.6 Å². The molecule has 0 saturated carbocycles. The normalized spacial score (nSPS) is 15.3. The van der Waals surface area contributed by atoms with Crippen LogP contribution in [0.3, 0.4) is 0 Å². The van der Waals surface area contributed by atoms with Gasteiger partial charge in [0.25, 0.3) is 5.91 Å². The summed E-state index contributed by atoms with van der Waals surface area (Å²) in [6.45, 7) is 4.18. The van der Waals surface area contributed by atoms with Crippen LogP contribution in [-0.2, 0) is 6.54 Å². The molecule has 1 fully saturated rings. The van der Waals surface area contributed by atoms with Crippen molar-refractivity contribution in [2.24, 2.45) is 0 Å². The maximum absolute atomic E-state index is 12.6. The predicted octanol–water partition coefficient (Wildman–Crippen LogP) is 1.50. The Labute approximate surface area is 142 Å². The van der Waals surface area contributed by atoms with Crippen molar-refractivity contribution in [3.05, 3.63) is 54.0 Å². The van der Waals surface area contributed by atoms with Crippen molar-refractivity contribution in [3.63, 3.8) is 0 Å². The molecule has 24 heavy (non-hydrogen) atoms. The van der Waals surface area contributed by atoms with Gasteiger partial charge in [0, 0.05) is 65.4 Å². The van der Waals surface area contributed by atoms with Crippen LogP contribution in [0.5, 0.6) is 0 Å². The molecule has 1 aliphatic heterocycles. The van der Waals surface area contributed by atoms with Crippen molar-refractivity contribution >= 4 is 11.7 Å². The Kier molecular flexibility index (Phi) is 5.05. The number of hydrogen-bond donors (Lipinski definition) is 0. The highest BCUT2D eigenvalue weighted by atomic mass is 16.2. The van der Waals surface area contributed by atoms with Gasteiger partial charge in [0.1, 0.15) is 5.82 Å². The van der Waals surface area contributed by atoms with Crippen LogP contribution in [0, 0.1) is 0 Å². The summed E-state index contributed by atoms with van der Waals surface area (Å²) in [6, 6.07) is 7.81. The average Bonchev–Trinajstić information content (AvgIpc) is 2.63. The highest BCUT2D eigenvalue weighted by molar-refractivity contribution is 5.94. The van der Waals surface area contributed by atoms with Gasteiger partial charge in [-0.25, -0.2) is 4.98 Å². The molecule has 0 aromatic carbocycles. The minimum atomic E-state index is 0.0661. The van der Waals surface area contributed by atoms with Crippen LogP contribution in [-0.4, -0.2) is 65.9 Å². The second-order valence-corrected chi connectivity index (χ2v) is 6.22. The van der Waals surface area contributed by atoms with Gasteiger partial charge in [0.05, 0.1) is 5.56 Å². The molecule has 1 amide bonds. The molecule has 2 aromatic rings. The third kappa shape index (κ3) is 3.89. The van der Waals surface area contributed by atoms with Gasteiger partial charge in [-0.2, -0.15) is 0 Å². The molecule has 0 atom stereocenters. The second-order valence-electron chi connectivity index (χ2n) is 6.22. The van der Waals surface area contributed by atoms with E-state index in [1.54, 1.807) is 6.20 Å². The highest BCUT2D eigenvalue weighted by Gasteiger charge is 2.22. The molecule has 2 aromatic heterocycles. The van der Waals surface area contributed by atoms with Crippen molar-refractivity contribution in [1.29, 1.82) is 0 Å². The summed E-state index contributed by atoms with van der Waals surface area (Å²) in [6.07, 6.45) is 5.31. The van der Waals surface area contributed by atoms with Crippen molar-refractivity contribution in [2.45, 2.75) is 6.54 Å². The molecule has 6 heteroatoms. The van der Waals surface area contributed by atoms with Gasteiger partial charge in [0.2, 0.25) is 0 Å². The summed E-state index contributed by atoms with van der Waals surface area (Å²) in [5.41, 5.74) is 1.91. The first-order valence-electron chi connectivity index (χ1n) is 8.17. The monoisotopic (exact) mass is 325 g/mol. The molecule has 0 radical (unpaired) electrons. The lowest BCUT2D eigenvalue weighted by atomic mass is 10.2. The minimum Gasteiger partial charge on any atom is -0.363 e. The standard InChI is InChI=1S/C18H23N5O/c1-21(2)17-4-3-16(13-20-17)18(24)23-11-9-22(10-12-23)14-15-5-7-19-8-6-15/h3-8,13H,9-12,14H2,1-2H3. The maximum Gasteiger partial charge on any atom is 0.255 e. The molecule has 0 aliphatic carbocycles. The molecule has 1 aliphatic rings. The highest BCUT2D eigenvalue weighted by Crippen LogP contribution is 2.13. The van der Waals surface area contributed by atoms with Gasteiger partial charge in [-0.3, -0.25) is 14.7 Å². The molecule has 0 N–H and O–H groups in total. The molecule has 6 nitrogen and oxygen atoms in total. The fraction of sp³-hybridized carbons (Fsp3) is 0.389. The van der Waals surface area contributed by atoms with Crippen LogP contribution >= 0.6 is 0 Å². The lowest BCUT2D eigenvalue weighted by Crippen LogP contribution is -2.48. The summed E-state index contributed by atoms with van der Waals surface area (Å²) in [7, 11) is 3.87. The second kappa shape index (κ2) is 7.40.